The van der Waals surface area contributed by atoms with Gasteiger partial charge in [-0.3, -0.25) is 14.4 Å². The highest BCUT2D eigenvalue weighted by molar-refractivity contribution is 6.31. The number of halogens is 1. The molecule has 1 fully saturated rings. The van der Waals surface area contributed by atoms with E-state index in [2.05, 4.69) is 0 Å². The minimum Gasteiger partial charge on any atom is -0.497 e. The summed E-state index contributed by atoms with van der Waals surface area (Å²) < 4.78 is 15.5. The van der Waals surface area contributed by atoms with Gasteiger partial charge in [0.2, 0.25) is 5.91 Å². The SMILES string of the molecule is COc1ccc(C(=O)COC(=O)[C@@H]2CC(=O)N(c3cc(Cl)ccc3OC)C2)cc1. The lowest BCUT2D eigenvalue weighted by molar-refractivity contribution is -0.147. The maximum Gasteiger partial charge on any atom is 0.311 e. The van der Waals surface area contributed by atoms with Crippen LogP contribution in [0, 0.1) is 5.92 Å². The zero-order chi connectivity index (χ0) is 21.0. The smallest absolute Gasteiger partial charge is 0.311 e. The Hall–Kier alpha value is -3.06. The first-order valence-electron chi connectivity index (χ1n) is 8.90. The van der Waals surface area contributed by atoms with Crippen LogP contribution in [0.3, 0.4) is 0 Å². The lowest BCUT2D eigenvalue weighted by Crippen LogP contribution is -2.27. The van der Waals surface area contributed by atoms with E-state index in [-0.39, 0.29) is 24.7 Å². The molecule has 8 heteroatoms. The van der Waals surface area contributed by atoms with Gasteiger partial charge in [0, 0.05) is 23.6 Å². The van der Waals surface area contributed by atoms with E-state index in [9.17, 15) is 14.4 Å². The molecule has 0 radical (unpaired) electrons. The summed E-state index contributed by atoms with van der Waals surface area (Å²) in [6, 6.07) is 11.4. The number of methoxy groups -OCH3 is 2. The Kier molecular flexibility index (Phi) is 6.39. The standard InChI is InChI=1S/C21H20ClNO6/c1-27-16-6-3-13(4-7-16)18(24)12-29-21(26)14-9-20(25)23(11-14)17-10-15(22)5-8-19(17)28-2/h3-8,10,14H,9,11-12H2,1-2H3/t14-/m1/s1. The first kappa shape index (κ1) is 20.7. The summed E-state index contributed by atoms with van der Waals surface area (Å²) in [6.45, 7) is -0.262. The average Bonchev–Trinajstić information content (AvgIpc) is 3.13. The second kappa shape index (κ2) is 8.96. The molecule has 29 heavy (non-hydrogen) atoms. The normalized spacial score (nSPS) is 15.9. The number of anilines is 1. The monoisotopic (exact) mass is 417 g/mol. The van der Waals surface area contributed by atoms with E-state index in [0.29, 0.717) is 27.8 Å². The molecule has 1 atom stereocenters. The van der Waals surface area contributed by atoms with Gasteiger partial charge in [-0.25, -0.2) is 0 Å². The minimum absolute atomic E-state index is 0.00870. The molecule has 2 aromatic carbocycles. The van der Waals surface area contributed by atoms with Crippen molar-refractivity contribution in [1.82, 2.24) is 0 Å². The van der Waals surface area contributed by atoms with Gasteiger partial charge in [-0.1, -0.05) is 11.6 Å². The molecule has 0 N–H and O–H groups in total. The van der Waals surface area contributed by atoms with Crippen LogP contribution in [-0.2, 0) is 14.3 Å². The third-order valence-electron chi connectivity index (χ3n) is 4.65. The van der Waals surface area contributed by atoms with Crippen LogP contribution in [-0.4, -0.2) is 45.0 Å². The van der Waals surface area contributed by atoms with Crippen molar-refractivity contribution in [3.8, 4) is 11.5 Å². The number of carbonyl (C=O) groups excluding carboxylic acids is 3. The van der Waals surface area contributed by atoms with Gasteiger partial charge in [0.25, 0.3) is 0 Å². The maximum atomic E-state index is 12.4. The van der Waals surface area contributed by atoms with Crippen LogP contribution in [0.25, 0.3) is 0 Å². The highest BCUT2D eigenvalue weighted by atomic mass is 35.5. The highest BCUT2D eigenvalue weighted by Gasteiger charge is 2.37. The van der Waals surface area contributed by atoms with E-state index >= 15 is 0 Å². The van der Waals surface area contributed by atoms with Crippen molar-refractivity contribution < 1.29 is 28.6 Å². The van der Waals surface area contributed by atoms with E-state index in [4.69, 9.17) is 25.8 Å². The summed E-state index contributed by atoms with van der Waals surface area (Å²) >= 11 is 6.03. The number of nitrogens with zero attached hydrogens (tertiary/aromatic N) is 1. The predicted octanol–water partition coefficient (Wildman–Crippen LogP) is 3.14. The molecule has 1 heterocycles. The van der Waals surface area contributed by atoms with Crippen LogP contribution in [0.1, 0.15) is 16.8 Å². The Balaban J connectivity index is 1.61. The van der Waals surface area contributed by atoms with Crippen LogP contribution in [0.4, 0.5) is 5.69 Å². The molecule has 0 unspecified atom stereocenters. The lowest BCUT2D eigenvalue weighted by Gasteiger charge is -2.19. The summed E-state index contributed by atoms with van der Waals surface area (Å²) in [4.78, 5) is 38.5. The Labute approximate surface area is 173 Å². The summed E-state index contributed by atoms with van der Waals surface area (Å²) in [5, 5.41) is 0.449. The largest absolute Gasteiger partial charge is 0.497 e. The summed E-state index contributed by atoms with van der Waals surface area (Å²) in [6.07, 6.45) is -0.00870. The van der Waals surface area contributed by atoms with Gasteiger partial charge >= 0.3 is 5.97 Å². The molecule has 1 amide bonds. The van der Waals surface area contributed by atoms with E-state index in [1.165, 1.54) is 19.1 Å². The Morgan fingerprint density at radius 2 is 1.83 bits per heavy atom. The van der Waals surface area contributed by atoms with Crippen LogP contribution < -0.4 is 14.4 Å². The van der Waals surface area contributed by atoms with Gasteiger partial charge in [0.1, 0.15) is 11.5 Å². The van der Waals surface area contributed by atoms with E-state index in [1.807, 2.05) is 0 Å². The number of ketones is 1. The maximum absolute atomic E-state index is 12.4. The first-order valence-corrected chi connectivity index (χ1v) is 9.28. The first-order chi connectivity index (χ1) is 13.9. The second-order valence-electron chi connectivity index (χ2n) is 6.48. The molecule has 3 rings (SSSR count). The lowest BCUT2D eigenvalue weighted by atomic mass is 10.1. The van der Waals surface area contributed by atoms with Crippen molar-refractivity contribution in [3.63, 3.8) is 0 Å². The molecular formula is C21H20ClNO6. The van der Waals surface area contributed by atoms with E-state index in [1.54, 1.807) is 42.5 Å². The highest BCUT2D eigenvalue weighted by Crippen LogP contribution is 2.35. The number of hydrogen-bond donors (Lipinski definition) is 0. The number of carbonyl (C=O) groups is 3. The molecule has 152 valence electrons. The van der Waals surface area contributed by atoms with Gasteiger partial charge in [0.15, 0.2) is 12.4 Å². The fraction of sp³-hybridized carbons (Fsp3) is 0.286. The molecule has 1 aliphatic heterocycles. The number of ether oxygens (including phenoxy) is 3. The minimum atomic E-state index is -0.671. The third kappa shape index (κ3) is 4.68. The average molecular weight is 418 g/mol. The van der Waals surface area contributed by atoms with Crippen LogP contribution in [0.2, 0.25) is 5.02 Å². The zero-order valence-corrected chi connectivity index (χ0v) is 16.8. The van der Waals surface area contributed by atoms with Crippen molar-refractivity contribution in [2.45, 2.75) is 6.42 Å². The number of Topliss-reactive ketones (excluding diaryl/α,β-unsaturated/α-hetero) is 1. The topological polar surface area (TPSA) is 82.1 Å². The summed E-state index contributed by atoms with van der Waals surface area (Å²) in [7, 11) is 3.02. The van der Waals surface area contributed by atoms with Crippen molar-refractivity contribution in [3.05, 3.63) is 53.1 Å². The molecular weight excluding hydrogens is 398 g/mol. The van der Waals surface area contributed by atoms with Gasteiger partial charge in [-0.05, 0) is 42.5 Å². The molecule has 7 nitrogen and oxygen atoms in total. The zero-order valence-electron chi connectivity index (χ0n) is 16.0. The summed E-state index contributed by atoms with van der Waals surface area (Å²) in [5.41, 5.74) is 0.904. The molecule has 0 spiro atoms. The number of amides is 1. The third-order valence-corrected chi connectivity index (χ3v) is 4.88. The second-order valence-corrected chi connectivity index (χ2v) is 6.92. The van der Waals surface area contributed by atoms with Crippen LogP contribution >= 0.6 is 11.6 Å². The summed E-state index contributed by atoms with van der Waals surface area (Å²) in [5.74, 6) is -0.739. The number of hydrogen-bond acceptors (Lipinski definition) is 6. The molecule has 0 aliphatic carbocycles. The van der Waals surface area contributed by atoms with E-state index in [0.717, 1.165) is 0 Å². The predicted molar refractivity (Wildman–Crippen MR) is 107 cm³/mol. The van der Waals surface area contributed by atoms with Crippen LogP contribution in [0.5, 0.6) is 11.5 Å². The number of rotatable bonds is 7. The van der Waals surface area contributed by atoms with Gasteiger partial charge in [0.05, 0.1) is 25.8 Å². The molecule has 0 aromatic heterocycles. The van der Waals surface area contributed by atoms with Gasteiger partial charge in [-0.2, -0.15) is 0 Å². The quantitative estimate of drug-likeness (QED) is 0.508. The molecule has 0 saturated carbocycles. The van der Waals surface area contributed by atoms with Crippen molar-refractivity contribution in [1.29, 1.82) is 0 Å². The molecule has 0 bridgehead atoms. The Bertz CT molecular complexity index is 927. The fourth-order valence-electron chi connectivity index (χ4n) is 3.09. The molecule has 1 aliphatic rings. The molecule has 2 aromatic rings. The van der Waals surface area contributed by atoms with E-state index < -0.39 is 18.5 Å². The van der Waals surface area contributed by atoms with Crippen molar-refractivity contribution >= 4 is 34.9 Å². The number of esters is 1. The van der Waals surface area contributed by atoms with Gasteiger partial charge < -0.3 is 19.1 Å². The Morgan fingerprint density at radius 1 is 1.10 bits per heavy atom. The fourth-order valence-corrected chi connectivity index (χ4v) is 3.25. The Morgan fingerprint density at radius 3 is 2.48 bits per heavy atom. The number of benzene rings is 2. The van der Waals surface area contributed by atoms with Gasteiger partial charge in [-0.15, -0.1) is 0 Å². The van der Waals surface area contributed by atoms with Crippen molar-refractivity contribution in [2.75, 3.05) is 32.3 Å². The van der Waals surface area contributed by atoms with Crippen molar-refractivity contribution in [2.24, 2.45) is 5.92 Å². The van der Waals surface area contributed by atoms with Crippen LogP contribution in [0.15, 0.2) is 42.5 Å². The molecule has 1 saturated heterocycles.